The van der Waals surface area contributed by atoms with E-state index in [-0.39, 0.29) is 5.75 Å². The van der Waals surface area contributed by atoms with Gasteiger partial charge in [0, 0.05) is 11.8 Å². The molecule has 1 aromatic rings. The quantitative estimate of drug-likeness (QED) is 0.175. The van der Waals surface area contributed by atoms with E-state index in [9.17, 15) is 9.59 Å². The van der Waals surface area contributed by atoms with Crippen LogP contribution < -0.4 is 21.4 Å². The van der Waals surface area contributed by atoms with Crippen LogP contribution in [0.25, 0.3) is 0 Å². The summed E-state index contributed by atoms with van der Waals surface area (Å²) in [6.07, 6.45) is 6.83. The van der Waals surface area contributed by atoms with Crippen LogP contribution in [-0.2, 0) is 4.79 Å². The number of aliphatic imine (C=N–C) groups is 1. The van der Waals surface area contributed by atoms with E-state index in [1.807, 2.05) is 6.92 Å². The molecule has 0 spiro atoms. The molecule has 0 saturated carbocycles. The Hall–Kier alpha value is -2.33. The number of nitrogens with zero attached hydrogens (tertiary/aromatic N) is 2. The van der Waals surface area contributed by atoms with Crippen LogP contribution in [0.2, 0.25) is 0 Å². The summed E-state index contributed by atoms with van der Waals surface area (Å²) in [7, 11) is 0. The highest BCUT2D eigenvalue weighted by atomic mass is 32.2. The van der Waals surface area contributed by atoms with Crippen LogP contribution in [0.3, 0.4) is 0 Å². The van der Waals surface area contributed by atoms with Gasteiger partial charge in [0.2, 0.25) is 0 Å². The Morgan fingerprint density at radius 3 is 2.78 bits per heavy atom. The van der Waals surface area contributed by atoms with Gasteiger partial charge >= 0.3 is 5.63 Å². The summed E-state index contributed by atoms with van der Waals surface area (Å²) in [4.78, 5) is 29.3. The number of carbonyl (C=O) groups excluding carboxylic acids is 1. The Kier molecular flexibility index (Phi) is 10.2. The normalized spacial score (nSPS) is 19.5. The lowest BCUT2D eigenvalue weighted by Crippen LogP contribution is -2.54. The summed E-state index contributed by atoms with van der Waals surface area (Å²) < 4.78 is 11.1. The van der Waals surface area contributed by atoms with Gasteiger partial charge in [0.25, 0.3) is 5.91 Å². The third-order valence-electron chi connectivity index (χ3n) is 5.09. The van der Waals surface area contributed by atoms with E-state index in [0.29, 0.717) is 35.3 Å². The molecule has 0 saturated heterocycles. The first kappa shape index (κ1) is 25.9. The van der Waals surface area contributed by atoms with Gasteiger partial charge in [0.1, 0.15) is 22.3 Å². The van der Waals surface area contributed by atoms with Gasteiger partial charge in [-0.2, -0.15) is 0 Å². The minimum atomic E-state index is -1.50. The zero-order chi connectivity index (χ0) is 23.6. The Morgan fingerprint density at radius 1 is 1.34 bits per heavy atom. The van der Waals surface area contributed by atoms with Gasteiger partial charge in [-0.3, -0.25) is 10.5 Å². The summed E-state index contributed by atoms with van der Waals surface area (Å²) in [6.45, 7) is 6.23. The van der Waals surface area contributed by atoms with E-state index in [1.165, 1.54) is 37.1 Å². The first-order valence-electron chi connectivity index (χ1n) is 11.1. The van der Waals surface area contributed by atoms with E-state index < -0.39 is 23.2 Å². The number of amides is 1. The van der Waals surface area contributed by atoms with E-state index in [2.05, 4.69) is 22.4 Å². The molecule has 4 N–H and O–H groups in total. The van der Waals surface area contributed by atoms with Crippen LogP contribution in [0.15, 0.2) is 31.5 Å². The number of oxime groups is 1. The standard InChI is InChI=1S/C22H34N4O5S/c1-4-6-7-8-9-11-30-16-12-18(31-19(27)13-16)17(10-5-2)24-21(28)22(23)14-32-20(25-22)15(3)26-29/h12-13,17,29H,4-11,14,23H2,1-3H3,(H,24,28)/b26-15+/t17-,22+/m1/s1. The lowest BCUT2D eigenvalue weighted by Gasteiger charge is -2.24. The van der Waals surface area contributed by atoms with Crippen LogP contribution in [0, 0.1) is 0 Å². The molecule has 0 unspecified atom stereocenters. The molecule has 0 aromatic carbocycles. The number of thioether (sulfide) groups is 1. The molecule has 0 radical (unpaired) electrons. The van der Waals surface area contributed by atoms with Crippen molar-refractivity contribution in [3.8, 4) is 5.75 Å². The SMILES string of the molecule is CCCCCCCOc1cc([C@@H](CCC)NC(=O)[C@]2(N)CSC(/C(C)=N/O)=N2)oc(=O)c1. The Morgan fingerprint density at radius 2 is 2.09 bits per heavy atom. The van der Waals surface area contributed by atoms with Gasteiger partial charge in [0.05, 0.1) is 18.7 Å². The summed E-state index contributed by atoms with van der Waals surface area (Å²) in [6, 6.07) is 2.41. The van der Waals surface area contributed by atoms with Crippen molar-refractivity contribution in [1.82, 2.24) is 5.32 Å². The van der Waals surface area contributed by atoms with Crippen LogP contribution >= 0.6 is 11.8 Å². The van der Waals surface area contributed by atoms with Crippen molar-refractivity contribution in [2.75, 3.05) is 12.4 Å². The number of rotatable bonds is 13. The molecule has 2 heterocycles. The zero-order valence-corrected chi connectivity index (χ0v) is 19.9. The van der Waals surface area contributed by atoms with E-state index in [1.54, 1.807) is 13.0 Å². The Bertz CT molecular complexity index is 885. The molecule has 10 heteroatoms. The fourth-order valence-electron chi connectivity index (χ4n) is 3.25. The second-order valence-corrected chi connectivity index (χ2v) is 8.87. The summed E-state index contributed by atoms with van der Waals surface area (Å²) in [5, 5.41) is 15.3. The number of carbonyl (C=O) groups is 1. The maximum absolute atomic E-state index is 12.9. The number of ether oxygens (including phenoxy) is 1. The maximum atomic E-state index is 12.9. The van der Waals surface area contributed by atoms with Gasteiger partial charge in [-0.15, -0.1) is 11.8 Å². The van der Waals surface area contributed by atoms with Crippen molar-refractivity contribution < 1.29 is 19.2 Å². The fourth-order valence-corrected chi connectivity index (χ4v) is 4.28. The highest BCUT2D eigenvalue weighted by Gasteiger charge is 2.41. The lowest BCUT2D eigenvalue weighted by atomic mass is 10.1. The van der Waals surface area contributed by atoms with Crippen molar-refractivity contribution in [3.63, 3.8) is 0 Å². The largest absolute Gasteiger partial charge is 0.493 e. The maximum Gasteiger partial charge on any atom is 0.339 e. The molecule has 178 valence electrons. The van der Waals surface area contributed by atoms with Gasteiger partial charge in [0.15, 0.2) is 5.66 Å². The second-order valence-electron chi connectivity index (χ2n) is 7.91. The third kappa shape index (κ3) is 7.37. The van der Waals surface area contributed by atoms with Crippen molar-refractivity contribution in [2.24, 2.45) is 15.9 Å². The number of hydrogen-bond donors (Lipinski definition) is 3. The van der Waals surface area contributed by atoms with E-state index in [0.717, 1.165) is 19.3 Å². The first-order valence-corrected chi connectivity index (χ1v) is 12.1. The van der Waals surface area contributed by atoms with E-state index in [4.69, 9.17) is 20.1 Å². The van der Waals surface area contributed by atoms with Crippen molar-refractivity contribution in [1.29, 1.82) is 0 Å². The number of nitrogens with two attached hydrogens (primary N) is 1. The molecule has 1 aromatic heterocycles. The van der Waals surface area contributed by atoms with Crippen molar-refractivity contribution in [3.05, 3.63) is 28.3 Å². The summed E-state index contributed by atoms with van der Waals surface area (Å²) in [5.74, 6) is 0.468. The molecule has 2 atom stereocenters. The summed E-state index contributed by atoms with van der Waals surface area (Å²) in [5.41, 5.74) is 4.48. The topological polar surface area (TPSA) is 140 Å². The highest BCUT2D eigenvalue weighted by Crippen LogP contribution is 2.27. The molecule has 9 nitrogen and oxygen atoms in total. The molecular formula is C22H34N4O5S. The predicted octanol–water partition coefficient (Wildman–Crippen LogP) is 3.60. The average molecular weight is 467 g/mol. The van der Waals surface area contributed by atoms with E-state index >= 15 is 0 Å². The molecule has 0 bridgehead atoms. The van der Waals surface area contributed by atoms with Crippen LogP contribution in [0.5, 0.6) is 5.75 Å². The number of unbranched alkanes of at least 4 members (excludes halogenated alkanes) is 4. The molecule has 1 amide bonds. The fraction of sp³-hybridized carbons (Fsp3) is 0.636. The van der Waals surface area contributed by atoms with Gasteiger partial charge in [-0.25, -0.2) is 9.79 Å². The highest BCUT2D eigenvalue weighted by molar-refractivity contribution is 8.16. The minimum Gasteiger partial charge on any atom is -0.493 e. The summed E-state index contributed by atoms with van der Waals surface area (Å²) >= 11 is 1.25. The smallest absolute Gasteiger partial charge is 0.339 e. The Balaban J connectivity index is 2.09. The molecule has 2 rings (SSSR count). The average Bonchev–Trinajstić information content (AvgIpc) is 3.18. The molecule has 1 aliphatic rings. The van der Waals surface area contributed by atoms with Gasteiger partial charge in [-0.1, -0.05) is 51.1 Å². The van der Waals surface area contributed by atoms with Crippen LogP contribution in [0.1, 0.15) is 77.5 Å². The van der Waals surface area contributed by atoms with Crippen LogP contribution in [-0.4, -0.2) is 39.9 Å². The van der Waals surface area contributed by atoms with Gasteiger partial charge < -0.3 is 19.7 Å². The van der Waals surface area contributed by atoms with Crippen molar-refractivity contribution >= 4 is 28.4 Å². The third-order valence-corrected chi connectivity index (χ3v) is 6.33. The minimum absolute atomic E-state index is 0.213. The molecule has 1 aliphatic heterocycles. The Labute approximate surface area is 192 Å². The van der Waals surface area contributed by atoms with Gasteiger partial charge in [-0.05, 0) is 19.8 Å². The second kappa shape index (κ2) is 12.6. The van der Waals surface area contributed by atoms with Crippen molar-refractivity contribution in [2.45, 2.75) is 77.4 Å². The molecule has 0 aliphatic carbocycles. The monoisotopic (exact) mass is 466 g/mol. The predicted molar refractivity (Wildman–Crippen MR) is 127 cm³/mol. The number of nitrogens with one attached hydrogen (secondary N) is 1. The number of hydrogen-bond acceptors (Lipinski definition) is 9. The lowest BCUT2D eigenvalue weighted by molar-refractivity contribution is -0.126. The first-order chi connectivity index (χ1) is 15.3. The molecular weight excluding hydrogens is 432 g/mol. The van der Waals surface area contributed by atoms with Crippen LogP contribution in [0.4, 0.5) is 0 Å². The zero-order valence-electron chi connectivity index (χ0n) is 19.1. The molecule has 32 heavy (non-hydrogen) atoms. The molecule has 0 fully saturated rings.